The number of carbonyl (C=O) groups is 1. The molecule has 0 aliphatic heterocycles. The fourth-order valence-corrected chi connectivity index (χ4v) is 4.25. The summed E-state index contributed by atoms with van der Waals surface area (Å²) < 4.78 is 0.786. The lowest BCUT2D eigenvalue weighted by Crippen LogP contribution is -2.52. The van der Waals surface area contributed by atoms with Crippen LogP contribution in [0.4, 0.5) is 11.4 Å². The molecular weight excluding hydrogens is 426 g/mol. The molecule has 8 heteroatoms. The number of anilines is 1. The molecule has 1 amide bonds. The number of carbonyl (C=O) groups excluding carboxylic acids is 1. The van der Waals surface area contributed by atoms with Crippen LogP contribution in [0.25, 0.3) is 10.8 Å². The van der Waals surface area contributed by atoms with E-state index in [1.165, 1.54) is 0 Å². The van der Waals surface area contributed by atoms with Gasteiger partial charge in [0.2, 0.25) is 5.91 Å². The Morgan fingerprint density at radius 3 is 2.53 bits per heavy atom. The van der Waals surface area contributed by atoms with Crippen LogP contribution in [0.1, 0.15) is 19.4 Å². The Kier molecular flexibility index (Phi) is 7.66. The van der Waals surface area contributed by atoms with Crippen LogP contribution in [-0.4, -0.2) is 61.3 Å². The second kappa shape index (κ2) is 10.3. The Balaban J connectivity index is 1.85. The molecule has 0 unspecified atom stereocenters. The van der Waals surface area contributed by atoms with Crippen LogP contribution >= 0.6 is 11.6 Å². The minimum Gasteiger partial charge on any atom is -0.321 e. The number of quaternary nitrogens is 1. The third-order valence-corrected chi connectivity index (χ3v) is 6.33. The minimum atomic E-state index is -0.305. The summed E-state index contributed by atoms with van der Waals surface area (Å²) in [7, 11) is 4.15. The number of aromatic nitrogens is 2. The number of nitrogens with one attached hydrogen (secondary N) is 2. The molecule has 0 fully saturated rings. The van der Waals surface area contributed by atoms with Gasteiger partial charge in [-0.1, -0.05) is 29.8 Å². The zero-order chi connectivity index (χ0) is 23.3. The Morgan fingerprint density at radius 1 is 1.12 bits per heavy atom. The number of rotatable bonds is 9. The first-order chi connectivity index (χ1) is 15.3. The zero-order valence-corrected chi connectivity index (χ0v) is 19.9. The van der Waals surface area contributed by atoms with Crippen LogP contribution < -0.4 is 15.4 Å². The summed E-state index contributed by atoms with van der Waals surface area (Å²) in [5, 5.41) is 10.5. The molecule has 32 heavy (non-hydrogen) atoms. The number of amides is 1. The van der Waals surface area contributed by atoms with Crippen LogP contribution in [0, 0.1) is 0 Å². The van der Waals surface area contributed by atoms with Crippen molar-refractivity contribution >= 4 is 39.7 Å². The van der Waals surface area contributed by atoms with Gasteiger partial charge in [-0.2, -0.15) is 5.10 Å². The van der Waals surface area contributed by atoms with E-state index in [-0.39, 0.29) is 23.0 Å². The number of hydrogen-bond donors (Lipinski definition) is 2. The topological polar surface area (TPSA) is 78.1 Å². The van der Waals surface area contributed by atoms with Gasteiger partial charge in [-0.15, -0.1) is 0 Å². The van der Waals surface area contributed by atoms with Crippen molar-refractivity contribution in [3.8, 4) is 0 Å². The highest BCUT2D eigenvalue weighted by Gasteiger charge is 2.29. The monoisotopic (exact) mass is 456 g/mol. The zero-order valence-electron chi connectivity index (χ0n) is 19.1. The van der Waals surface area contributed by atoms with Crippen molar-refractivity contribution in [1.29, 1.82) is 0 Å². The van der Waals surface area contributed by atoms with Crippen molar-refractivity contribution in [2.45, 2.75) is 20.3 Å². The van der Waals surface area contributed by atoms with Crippen molar-refractivity contribution in [1.82, 2.24) is 19.6 Å². The SMILES string of the molecule is CC[N+](CC)(CCN(C)C)c1ccccc1NC(=O)Cc1ccc2c(=O)[nH]nc(Cl)c2c1. The van der Waals surface area contributed by atoms with Gasteiger partial charge in [0.05, 0.1) is 31.4 Å². The molecule has 2 N–H and O–H groups in total. The maximum atomic E-state index is 12.9. The summed E-state index contributed by atoms with van der Waals surface area (Å²) >= 11 is 6.13. The molecule has 170 valence electrons. The Bertz CT molecular complexity index is 1150. The molecule has 0 aliphatic rings. The molecule has 0 saturated heterocycles. The molecule has 1 heterocycles. The quantitative estimate of drug-likeness (QED) is 0.481. The fourth-order valence-electron chi connectivity index (χ4n) is 4.06. The van der Waals surface area contributed by atoms with Gasteiger partial charge in [0.25, 0.3) is 5.56 Å². The maximum absolute atomic E-state index is 12.9. The van der Waals surface area contributed by atoms with Crippen molar-refractivity contribution in [2.24, 2.45) is 0 Å². The van der Waals surface area contributed by atoms with Gasteiger partial charge < -0.3 is 10.2 Å². The van der Waals surface area contributed by atoms with Gasteiger partial charge in [-0.25, -0.2) is 5.10 Å². The highest BCUT2D eigenvalue weighted by molar-refractivity contribution is 6.34. The predicted octanol–water partition coefficient (Wildman–Crippen LogP) is 3.67. The third-order valence-electron chi connectivity index (χ3n) is 6.05. The summed E-state index contributed by atoms with van der Waals surface area (Å²) in [6.45, 7) is 8.15. The largest absolute Gasteiger partial charge is 0.321 e. The summed E-state index contributed by atoms with van der Waals surface area (Å²) in [6, 6.07) is 13.2. The lowest BCUT2D eigenvalue weighted by Gasteiger charge is -2.38. The van der Waals surface area contributed by atoms with Gasteiger partial charge >= 0.3 is 0 Å². The molecule has 0 atom stereocenters. The molecule has 0 bridgehead atoms. The first-order valence-electron chi connectivity index (χ1n) is 10.9. The number of hydrogen-bond acceptors (Lipinski definition) is 4. The van der Waals surface area contributed by atoms with Crippen LogP contribution in [0.3, 0.4) is 0 Å². The minimum absolute atomic E-state index is 0.122. The third kappa shape index (κ3) is 5.18. The lowest BCUT2D eigenvalue weighted by molar-refractivity contribution is -0.115. The summed E-state index contributed by atoms with van der Waals surface area (Å²) in [6.07, 6.45) is 0.170. The molecule has 7 nitrogen and oxygen atoms in total. The number of nitrogens with zero attached hydrogens (tertiary/aromatic N) is 3. The van der Waals surface area contributed by atoms with Crippen molar-refractivity contribution in [3.05, 3.63) is 63.5 Å². The predicted molar refractivity (Wildman–Crippen MR) is 132 cm³/mol. The van der Waals surface area contributed by atoms with E-state index in [4.69, 9.17) is 11.6 Å². The first-order valence-corrected chi connectivity index (χ1v) is 11.2. The van der Waals surface area contributed by atoms with Crippen LogP contribution in [0.2, 0.25) is 5.15 Å². The van der Waals surface area contributed by atoms with E-state index in [9.17, 15) is 9.59 Å². The summed E-state index contributed by atoms with van der Waals surface area (Å²) in [5.41, 5.74) is 2.41. The molecule has 0 radical (unpaired) electrons. The molecule has 1 aromatic heterocycles. The van der Waals surface area contributed by atoms with Crippen molar-refractivity contribution < 1.29 is 4.79 Å². The molecule has 0 aliphatic carbocycles. The van der Waals surface area contributed by atoms with E-state index in [0.717, 1.165) is 47.6 Å². The fraction of sp³-hybridized carbons (Fsp3) is 0.375. The van der Waals surface area contributed by atoms with Crippen molar-refractivity contribution in [2.75, 3.05) is 45.6 Å². The molecule has 3 aromatic rings. The van der Waals surface area contributed by atoms with E-state index in [0.29, 0.717) is 10.8 Å². The van der Waals surface area contributed by atoms with Crippen LogP contribution in [-0.2, 0) is 11.2 Å². The van der Waals surface area contributed by atoms with Crippen molar-refractivity contribution in [3.63, 3.8) is 0 Å². The number of H-pyrrole nitrogens is 1. The normalized spacial score (nSPS) is 11.8. The smallest absolute Gasteiger partial charge is 0.272 e. The van der Waals surface area contributed by atoms with E-state index < -0.39 is 0 Å². The van der Waals surface area contributed by atoms with Crippen LogP contribution in [0.15, 0.2) is 47.3 Å². The van der Waals surface area contributed by atoms with Gasteiger partial charge in [0, 0.05) is 18.0 Å². The van der Waals surface area contributed by atoms with Gasteiger partial charge in [-0.05, 0) is 51.7 Å². The Hall–Kier alpha value is -2.74. The molecule has 3 rings (SSSR count). The number of benzene rings is 2. The summed E-state index contributed by atoms with van der Waals surface area (Å²) in [5.74, 6) is -0.122. The summed E-state index contributed by atoms with van der Waals surface area (Å²) in [4.78, 5) is 27.1. The van der Waals surface area contributed by atoms with E-state index in [2.05, 4.69) is 54.4 Å². The molecule has 0 saturated carbocycles. The first kappa shape index (κ1) is 23.9. The van der Waals surface area contributed by atoms with Gasteiger partial charge in [0.1, 0.15) is 5.69 Å². The number of halogens is 1. The highest BCUT2D eigenvalue weighted by Crippen LogP contribution is 2.32. The Labute approximate surface area is 193 Å². The average molecular weight is 457 g/mol. The van der Waals surface area contributed by atoms with Gasteiger partial charge in [-0.3, -0.25) is 14.1 Å². The second-order valence-corrected chi connectivity index (χ2v) is 8.63. The number of aromatic amines is 1. The molecule has 0 spiro atoms. The number of likely N-dealkylation sites (N-methyl/N-ethyl adjacent to an activating group) is 2. The van der Waals surface area contributed by atoms with Crippen LogP contribution in [0.5, 0.6) is 0 Å². The molecule has 2 aromatic carbocycles. The number of fused-ring (bicyclic) bond motifs is 1. The van der Waals surface area contributed by atoms with E-state index >= 15 is 0 Å². The van der Waals surface area contributed by atoms with Gasteiger partial charge in [0.15, 0.2) is 10.8 Å². The second-order valence-electron chi connectivity index (χ2n) is 8.27. The standard InChI is InChI=1S/C24H30ClN5O2/c1-5-30(6-2,14-13-29(3)4)21-10-8-7-9-20(21)26-22(31)16-17-11-12-18-19(15-17)23(25)27-28-24(18)32/h7-12,15H,5-6,13-14,16H2,1-4H3,(H-,26,28,31,32)/p+1. The average Bonchev–Trinajstić information content (AvgIpc) is 2.78. The molecular formula is C24H31ClN5O2+. The highest BCUT2D eigenvalue weighted by atomic mass is 35.5. The lowest BCUT2D eigenvalue weighted by atomic mass is 10.1. The maximum Gasteiger partial charge on any atom is 0.272 e. The van der Waals surface area contributed by atoms with E-state index in [1.54, 1.807) is 18.2 Å². The van der Waals surface area contributed by atoms with E-state index in [1.807, 2.05) is 18.2 Å². The Morgan fingerprint density at radius 2 is 1.84 bits per heavy atom. The number of para-hydroxylation sites is 2.